The van der Waals surface area contributed by atoms with E-state index in [1.807, 2.05) is 6.07 Å². The lowest BCUT2D eigenvalue weighted by atomic mass is 10.1. The molecule has 5 heteroatoms. The second-order valence-electron chi connectivity index (χ2n) is 3.46. The molecule has 17 heavy (non-hydrogen) atoms. The molecular weight excluding hydrogens is 254 g/mol. The molecule has 2 rings (SSSR count). The van der Waals surface area contributed by atoms with Gasteiger partial charge in [-0.1, -0.05) is 24.3 Å². The standard InChI is InChI=1S/C12H9NO2S2/c13-8-10-4-1-2-5-11(10)9-17(14,15)12-6-3-7-16-12/h1-7H,9H2. The highest BCUT2D eigenvalue weighted by Crippen LogP contribution is 2.22. The lowest BCUT2D eigenvalue weighted by molar-refractivity contribution is 0.597. The Morgan fingerprint density at radius 2 is 1.94 bits per heavy atom. The molecule has 0 atom stereocenters. The smallest absolute Gasteiger partial charge is 0.191 e. The molecule has 0 unspecified atom stereocenters. The molecule has 0 aliphatic carbocycles. The number of hydrogen-bond donors (Lipinski definition) is 0. The largest absolute Gasteiger partial charge is 0.223 e. The van der Waals surface area contributed by atoms with Gasteiger partial charge in [-0.2, -0.15) is 5.26 Å². The number of nitriles is 1. The van der Waals surface area contributed by atoms with E-state index in [2.05, 4.69) is 0 Å². The Hall–Kier alpha value is -1.64. The van der Waals surface area contributed by atoms with Crippen molar-refractivity contribution in [1.29, 1.82) is 5.26 Å². The van der Waals surface area contributed by atoms with Crippen molar-refractivity contribution in [2.75, 3.05) is 0 Å². The van der Waals surface area contributed by atoms with E-state index >= 15 is 0 Å². The van der Waals surface area contributed by atoms with Gasteiger partial charge in [0.05, 0.1) is 17.4 Å². The van der Waals surface area contributed by atoms with Crippen molar-refractivity contribution in [3.05, 3.63) is 52.9 Å². The summed E-state index contributed by atoms with van der Waals surface area (Å²) in [5.41, 5.74) is 0.955. The summed E-state index contributed by atoms with van der Waals surface area (Å²) >= 11 is 1.19. The number of rotatable bonds is 3. The molecule has 1 heterocycles. The molecule has 0 fully saturated rings. The van der Waals surface area contributed by atoms with Crippen molar-refractivity contribution in [1.82, 2.24) is 0 Å². The van der Waals surface area contributed by atoms with Gasteiger partial charge in [0.1, 0.15) is 4.21 Å². The fourth-order valence-corrected chi connectivity index (χ4v) is 3.94. The average Bonchev–Trinajstić information content (AvgIpc) is 2.83. The van der Waals surface area contributed by atoms with Crippen molar-refractivity contribution in [2.45, 2.75) is 9.96 Å². The fourth-order valence-electron chi connectivity index (χ4n) is 1.47. The zero-order valence-corrected chi connectivity index (χ0v) is 10.5. The molecule has 0 N–H and O–H groups in total. The molecule has 0 saturated heterocycles. The molecule has 3 nitrogen and oxygen atoms in total. The molecule has 1 aromatic heterocycles. The molecule has 0 aliphatic rings. The Morgan fingerprint density at radius 3 is 2.59 bits per heavy atom. The molecule has 0 aliphatic heterocycles. The molecule has 0 radical (unpaired) electrons. The zero-order chi connectivity index (χ0) is 12.3. The third-order valence-electron chi connectivity index (χ3n) is 2.28. The van der Waals surface area contributed by atoms with Gasteiger partial charge in [-0.15, -0.1) is 11.3 Å². The van der Waals surface area contributed by atoms with Gasteiger partial charge in [0.2, 0.25) is 0 Å². The maximum atomic E-state index is 12.0. The van der Waals surface area contributed by atoms with E-state index in [1.54, 1.807) is 41.8 Å². The van der Waals surface area contributed by atoms with Crippen molar-refractivity contribution in [2.24, 2.45) is 0 Å². The van der Waals surface area contributed by atoms with Gasteiger partial charge >= 0.3 is 0 Å². The topological polar surface area (TPSA) is 57.9 Å². The second kappa shape index (κ2) is 4.70. The van der Waals surface area contributed by atoms with Crippen molar-refractivity contribution >= 4 is 21.2 Å². The van der Waals surface area contributed by atoms with Crippen LogP contribution in [-0.4, -0.2) is 8.42 Å². The van der Waals surface area contributed by atoms with E-state index in [1.165, 1.54) is 11.3 Å². The zero-order valence-electron chi connectivity index (χ0n) is 8.83. The summed E-state index contributed by atoms with van der Waals surface area (Å²) in [5, 5.41) is 10.6. The number of thiophene rings is 1. The van der Waals surface area contributed by atoms with Crippen LogP contribution in [0.1, 0.15) is 11.1 Å². The van der Waals surface area contributed by atoms with Gasteiger partial charge < -0.3 is 0 Å². The predicted molar refractivity (Wildman–Crippen MR) is 66.4 cm³/mol. The summed E-state index contributed by atoms with van der Waals surface area (Å²) in [5.74, 6) is -0.128. The second-order valence-corrected chi connectivity index (χ2v) is 6.62. The summed E-state index contributed by atoms with van der Waals surface area (Å²) in [6.07, 6.45) is 0. The molecule has 86 valence electrons. The van der Waals surface area contributed by atoms with E-state index in [0.717, 1.165) is 0 Å². The Balaban J connectivity index is 2.37. The van der Waals surface area contributed by atoms with Crippen LogP contribution in [0, 0.1) is 11.3 Å². The highest BCUT2D eigenvalue weighted by molar-refractivity contribution is 7.92. The van der Waals surface area contributed by atoms with E-state index in [4.69, 9.17) is 5.26 Å². The Kier molecular flexibility index (Phi) is 3.27. The Morgan fingerprint density at radius 1 is 1.18 bits per heavy atom. The van der Waals surface area contributed by atoms with Crippen LogP contribution in [-0.2, 0) is 15.6 Å². The highest BCUT2D eigenvalue weighted by Gasteiger charge is 2.17. The van der Waals surface area contributed by atoms with Gasteiger partial charge in [-0.3, -0.25) is 0 Å². The van der Waals surface area contributed by atoms with Crippen molar-refractivity contribution in [3.63, 3.8) is 0 Å². The SMILES string of the molecule is N#Cc1ccccc1CS(=O)(=O)c1cccs1. The van der Waals surface area contributed by atoms with Gasteiger partial charge in [-0.05, 0) is 23.1 Å². The van der Waals surface area contributed by atoms with Gasteiger partial charge in [0.25, 0.3) is 0 Å². The van der Waals surface area contributed by atoms with E-state index in [9.17, 15) is 8.42 Å². The Labute approximate surface area is 104 Å². The van der Waals surface area contributed by atoms with Crippen LogP contribution < -0.4 is 0 Å². The van der Waals surface area contributed by atoms with Crippen LogP contribution in [0.5, 0.6) is 0 Å². The fraction of sp³-hybridized carbons (Fsp3) is 0.0833. The average molecular weight is 263 g/mol. The maximum absolute atomic E-state index is 12.0. The minimum Gasteiger partial charge on any atom is -0.223 e. The van der Waals surface area contributed by atoms with E-state index in [-0.39, 0.29) is 5.75 Å². The first kappa shape index (κ1) is 11.8. The molecule has 1 aromatic carbocycles. The van der Waals surface area contributed by atoms with Gasteiger partial charge in [0, 0.05) is 0 Å². The van der Waals surface area contributed by atoms with Crippen LogP contribution in [0.25, 0.3) is 0 Å². The quantitative estimate of drug-likeness (QED) is 0.855. The molecule has 0 spiro atoms. The van der Waals surface area contributed by atoms with Crippen LogP contribution in [0.3, 0.4) is 0 Å². The minimum atomic E-state index is -3.34. The summed E-state index contributed by atoms with van der Waals surface area (Å²) in [6, 6.07) is 12.0. The molecule has 0 bridgehead atoms. The summed E-state index contributed by atoms with van der Waals surface area (Å²) < 4.78 is 24.4. The lowest BCUT2D eigenvalue weighted by Gasteiger charge is -2.03. The number of sulfone groups is 1. The molecule has 2 aromatic rings. The Bertz CT molecular complexity index is 652. The minimum absolute atomic E-state index is 0.128. The first-order valence-corrected chi connectivity index (χ1v) is 7.41. The monoisotopic (exact) mass is 263 g/mol. The third kappa shape index (κ3) is 2.54. The predicted octanol–water partition coefficient (Wildman–Crippen LogP) is 2.59. The summed E-state index contributed by atoms with van der Waals surface area (Å²) in [7, 11) is -3.34. The molecule has 0 saturated carbocycles. The van der Waals surface area contributed by atoms with Crippen molar-refractivity contribution < 1.29 is 8.42 Å². The first-order chi connectivity index (χ1) is 8.13. The van der Waals surface area contributed by atoms with Crippen LogP contribution in [0.15, 0.2) is 46.0 Å². The molecule has 0 amide bonds. The van der Waals surface area contributed by atoms with E-state index in [0.29, 0.717) is 15.3 Å². The van der Waals surface area contributed by atoms with E-state index < -0.39 is 9.84 Å². The number of hydrogen-bond acceptors (Lipinski definition) is 4. The van der Waals surface area contributed by atoms with Gasteiger partial charge in [-0.25, -0.2) is 8.42 Å². The normalized spacial score (nSPS) is 11.0. The first-order valence-electron chi connectivity index (χ1n) is 4.88. The van der Waals surface area contributed by atoms with Gasteiger partial charge in [0.15, 0.2) is 9.84 Å². The van der Waals surface area contributed by atoms with Crippen LogP contribution in [0.4, 0.5) is 0 Å². The summed E-state index contributed by atoms with van der Waals surface area (Å²) in [4.78, 5) is 0. The highest BCUT2D eigenvalue weighted by atomic mass is 32.2. The lowest BCUT2D eigenvalue weighted by Crippen LogP contribution is -2.04. The van der Waals surface area contributed by atoms with Crippen molar-refractivity contribution in [3.8, 4) is 6.07 Å². The molecular formula is C12H9NO2S2. The maximum Gasteiger partial charge on any atom is 0.191 e. The number of benzene rings is 1. The van der Waals surface area contributed by atoms with Crippen LogP contribution in [0.2, 0.25) is 0 Å². The number of nitrogens with zero attached hydrogens (tertiary/aromatic N) is 1. The summed E-state index contributed by atoms with van der Waals surface area (Å²) in [6.45, 7) is 0. The van der Waals surface area contributed by atoms with Crippen LogP contribution >= 0.6 is 11.3 Å². The third-order valence-corrected chi connectivity index (χ3v) is 5.44.